The van der Waals surface area contributed by atoms with Gasteiger partial charge in [0.15, 0.2) is 0 Å². The molecule has 4 aromatic rings. The lowest BCUT2D eigenvalue weighted by Gasteiger charge is -2.22. The average Bonchev–Trinajstić information content (AvgIpc) is 3.71. The Bertz CT molecular complexity index is 1680. The summed E-state index contributed by atoms with van der Waals surface area (Å²) < 4.78 is 14.3. The van der Waals surface area contributed by atoms with E-state index in [9.17, 15) is 9.65 Å². The molecule has 2 aliphatic rings. The van der Waals surface area contributed by atoms with Crippen molar-refractivity contribution < 1.29 is 4.39 Å². The van der Waals surface area contributed by atoms with Gasteiger partial charge in [-0.3, -0.25) is 20.0 Å². The van der Waals surface area contributed by atoms with Gasteiger partial charge in [0.1, 0.15) is 11.9 Å². The minimum Gasteiger partial charge on any atom is -0.373 e. The second-order valence-electron chi connectivity index (χ2n) is 10.7. The molecule has 5 heterocycles. The maximum atomic E-state index is 14.3. The van der Waals surface area contributed by atoms with Crippen LogP contribution in [0.25, 0.3) is 10.9 Å². The molecule has 0 radical (unpaired) electrons. The molecule has 2 aliphatic heterocycles. The van der Waals surface area contributed by atoms with Gasteiger partial charge in [-0.1, -0.05) is 17.7 Å². The van der Waals surface area contributed by atoms with Crippen LogP contribution in [0.3, 0.4) is 0 Å². The van der Waals surface area contributed by atoms with Crippen LogP contribution in [0.15, 0.2) is 67.0 Å². The number of rotatable bonds is 10. The SMILES string of the molecule is Cc1ncc(Nc2c(C#N)cnc3c(Cl)cc(N[C@H](C4=CN(CCCN5CCCC5)NN4)c4cccnc4)cc23)cc1F. The molecule has 0 spiro atoms. The Balaban J connectivity index is 1.30. The second kappa shape index (κ2) is 12.8. The van der Waals surface area contributed by atoms with E-state index >= 15 is 0 Å². The molecule has 220 valence electrons. The Morgan fingerprint density at radius 3 is 2.74 bits per heavy atom. The standard InChI is InChI=1S/C31H32ClFN10/c1-20-27(33)14-24(18-36-20)39-29-22(15-34)17-37-31-25(29)12-23(13-26(31)32)38-30(21-6-4-7-35-16-21)28-19-43(41-40-28)11-5-10-42-8-2-3-9-42/h4,6-7,12-14,16-19,30,38,40-41H,2-3,5,8-11H2,1H3,(H,37,39)/t30-/m0/s1. The fourth-order valence-electron chi connectivity index (χ4n) is 5.44. The van der Waals surface area contributed by atoms with Crippen molar-refractivity contribution in [1.29, 1.82) is 5.26 Å². The number of fused-ring (bicyclic) bond motifs is 1. The van der Waals surface area contributed by atoms with Crippen LogP contribution in [0.5, 0.6) is 0 Å². The predicted octanol–water partition coefficient (Wildman–Crippen LogP) is 5.55. The number of hydrogen-bond donors (Lipinski definition) is 4. The Labute approximate surface area is 254 Å². The van der Waals surface area contributed by atoms with Gasteiger partial charge < -0.3 is 21.0 Å². The van der Waals surface area contributed by atoms with Gasteiger partial charge in [-0.15, -0.1) is 5.53 Å². The van der Waals surface area contributed by atoms with Gasteiger partial charge in [0.05, 0.1) is 51.1 Å². The molecule has 0 unspecified atom stereocenters. The zero-order chi connectivity index (χ0) is 29.8. The number of pyridine rings is 3. The van der Waals surface area contributed by atoms with Crippen molar-refractivity contribution in [3.8, 4) is 6.07 Å². The molecule has 1 atom stereocenters. The number of nitrogens with zero attached hydrogens (tertiary/aromatic N) is 6. The highest BCUT2D eigenvalue weighted by molar-refractivity contribution is 6.36. The minimum absolute atomic E-state index is 0.288. The summed E-state index contributed by atoms with van der Waals surface area (Å²) in [5.74, 6) is -0.447. The van der Waals surface area contributed by atoms with Gasteiger partial charge in [-0.25, -0.2) is 4.39 Å². The summed E-state index contributed by atoms with van der Waals surface area (Å²) >= 11 is 6.75. The van der Waals surface area contributed by atoms with E-state index in [1.54, 1.807) is 19.2 Å². The van der Waals surface area contributed by atoms with Gasteiger partial charge in [0.2, 0.25) is 0 Å². The van der Waals surface area contributed by atoms with Crippen LogP contribution in [0, 0.1) is 24.1 Å². The first-order valence-electron chi connectivity index (χ1n) is 14.3. The molecule has 10 nitrogen and oxygen atoms in total. The summed E-state index contributed by atoms with van der Waals surface area (Å²) in [6.45, 7) is 5.92. The first-order valence-corrected chi connectivity index (χ1v) is 14.7. The van der Waals surface area contributed by atoms with E-state index in [-0.39, 0.29) is 11.7 Å². The largest absolute Gasteiger partial charge is 0.373 e. The van der Waals surface area contributed by atoms with Crippen LogP contribution < -0.4 is 21.6 Å². The summed E-state index contributed by atoms with van der Waals surface area (Å²) in [6.07, 6.45) is 12.2. The molecule has 6 rings (SSSR count). The van der Waals surface area contributed by atoms with E-state index in [1.165, 1.54) is 44.4 Å². The molecular weight excluding hydrogens is 567 g/mol. The maximum Gasteiger partial charge on any atom is 0.146 e. The van der Waals surface area contributed by atoms with Crippen molar-refractivity contribution >= 4 is 39.6 Å². The maximum absolute atomic E-state index is 14.3. The molecule has 1 aromatic carbocycles. The van der Waals surface area contributed by atoms with Crippen LogP contribution in [-0.4, -0.2) is 51.0 Å². The number of nitrogens with one attached hydrogen (secondary N) is 4. The molecule has 4 N–H and O–H groups in total. The van der Waals surface area contributed by atoms with E-state index in [0.29, 0.717) is 38.6 Å². The molecule has 3 aromatic heterocycles. The number of aromatic nitrogens is 3. The normalized spacial score (nSPS) is 15.7. The number of aryl methyl sites for hydroxylation is 1. The van der Waals surface area contributed by atoms with Gasteiger partial charge >= 0.3 is 0 Å². The van der Waals surface area contributed by atoms with Gasteiger partial charge in [-0.2, -0.15) is 5.26 Å². The lowest BCUT2D eigenvalue weighted by molar-refractivity contribution is 0.243. The number of anilines is 3. The minimum atomic E-state index is -0.447. The number of hydrogen-bond acceptors (Lipinski definition) is 10. The van der Waals surface area contributed by atoms with Crippen molar-refractivity contribution in [2.24, 2.45) is 0 Å². The van der Waals surface area contributed by atoms with E-state index in [0.717, 1.165) is 30.8 Å². The summed E-state index contributed by atoms with van der Waals surface area (Å²) in [7, 11) is 0. The summed E-state index contributed by atoms with van der Waals surface area (Å²) in [6, 6.07) is 10.8. The molecule has 1 saturated heterocycles. The van der Waals surface area contributed by atoms with Gasteiger partial charge in [0.25, 0.3) is 0 Å². The third kappa shape index (κ3) is 6.46. The molecular formula is C31H32ClFN10. The highest BCUT2D eigenvalue weighted by Gasteiger charge is 2.24. The lowest BCUT2D eigenvalue weighted by Crippen LogP contribution is -2.38. The third-order valence-corrected chi connectivity index (χ3v) is 7.98. The quantitative estimate of drug-likeness (QED) is 0.185. The summed E-state index contributed by atoms with van der Waals surface area (Å²) in [5.41, 5.74) is 11.1. The Morgan fingerprint density at radius 2 is 1.98 bits per heavy atom. The van der Waals surface area contributed by atoms with E-state index in [2.05, 4.69) is 58.7 Å². The van der Waals surface area contributed by atoms with E-state index in [1.807, 2.05) is 24.4 Å². The highest BCUT2D eigenvalue weighted by Crippen LogP contribution is 2.37. The molecule has 0 bridgehead atoms. The first-order chi connectivity index (χ1) is 21.0. The molecule has 43 heavy (non-hydrogen) atoms. The Hall–Kier alpha value is -4.50. The number of likely N-dealkylation sites (tertiary alicyclic amines) is 1. The average molecular weight is 599 g/mol. The zero-order valence-corrected chi connectivity index (χ0v) is 24.5. The molecule has 0 aliphatic carbocycles. The number of nitriles is 1. The van der Waals surface area contributed by atoms with Crippen LogP contribution in [0.2, 0.25) is 5.02 Å². The van der Waals surface area contributed by atoms with E-state index < -0.39 is 5.82 Å². The van der Waals surface area contributed by atoms with Crippen molar-refractivity contribution in [2.45, 2.75) is 32.2 Å². The second-order valence-corrected chi connectivity index (χ2v) is 11.1. The van der Waals surface area contributed by atoms with Crippen molar-refractivity contribution in [3.63, 3.8) is 0 Å². The van der Waals surface area contributed by atoms with Crippen molar-refractivity contribution in [2.75, 3.05) is 36.8 Å². The first kappa shape index (κ1) is 28.6. The van der Waals surface area contributed by atoms with Gasteiger partial charge in [-0.05, 0) is 69.6 Å². The smallest absolute Gasteiger partial charge is 0.146 e. The molecule has 12 heteroatoms. The van der Waals surface area contributed by atoms with Crippen molar-refractivity contribution in [3.05, 3.63) is 94.7 Å². The van der Waals surface area contributed by atoms with Crippen LogP contribution in [-0.2, 0) is 0 Å². The topological polar surface area (TPSA) is 117 Å². The molecule has 0 amide bonds. The number of benzene rings is 1. The van der Waals surface area contributed by atoms with Crippen molar-refractivity contribution in [1.82, 2.24) is 35.8 Å². The summed E-state index contributed by atoms with van der Waals surface area (Å²) in [4.78, 5) is 15.4. The van der Waals surface area contributed by atoms with Crippen LogP contribution >= 0.6 is 11.6 Å². The molecule has 1 fully saturated rings. The Kier molecular flexibility index (Phi) is 8.51. The Morgan fingerprint density at radius 1 is 1.12 bits per heavy atom. The fourth-order valence-corrected chi connectivity index (χ4v) is 5.71. The fraction of sp³-hybridized carbons (Fsp3) is 0.290. The summed E-state index contributed by atoms with van der Waals surface area (Å²) in [5, 5.41) is 19.7. The van der Waals surface area contributed by atoms with Crippen LogP contribution in [0.4, 0.5) is 21.5 Å². The van der Waals surface area contributed by atoms with E-state index in [4.69, 9.17) is 11.6 Å². The monoisotopic (exact) mass is 598 g/mol. The zero-order valence-electron chi connectivity index (χ0n) is 23.7. The van der Waals surface area contributed by atoms with Crippen LogP contribution in [0.1, 0.15) is 42.1 Å². The third-order valence-electron chi connectivity index (χ3n) is 7.69. The van der Waals surface area contributed by atoms with Gasteiger partial charge in [0, 0.05) is 48.5 Å². The number of hydrazine groups is 2. The lowest BCUT2D eigenvalue weighted by atomic mass is 10.0. The number of halogens is 2. The molecule has 0 saturated carbocycles. The highest BCUT2D eigenvalue weighted by atomic mass is 35.5. The predicted molar refractivity (Wildman–Crippen MR) is 166 cm³/mol.